The fraction of sp³-hybridized carbons (Fsp3) is 0.615. The predicted octanol–water partition coefficient (Wildman–Crippen LogP) is 2.63. The van der Waals surface area contributed by atoms with Crippen LogP contribution in [0.3, 0.4) is 0 Å². The molecular formula is C13H18N2O3. The molecule has 0 spiro atoms. The Bertz CT molecular complexity index is 458. The van der Waals surface area contributed by atoms with Crippen LogP contribution in [0.2, 0.25) is 0 Å². The van der Waals surface area contributed by atoms with E-state index < -0.39 is 17.5 Å². The molecule has 98 valence electrons. The normalized spacial score (nSPS) is 12.9. The van der Waals surface area contributed by atoms with Crippen LogP contribution in [0.5, 0.6) is 0 Å². The van der Waals surface area contributed by atoms with Gasteiger partial charge >= 0.3 is 5.97 Å². The third-order valence-corrected chi connectivity index (χ3v) is 2.38. The summed E-state index contributed by atoms with van der Waals surface area (Å²) in [5.74, 6) is -0.400. The van der Waals surface area contributed by atoms with Crippen molar-refractivity contribution in [3.63, 3.8) is 0 Å². The minimum Gasteiger partial charge on any atom is -0.460 e. The Morgan fingerprint density at radius 3 is 2.50 bits per heavy atom. The first-order valence-corrected chi connectivity index (χ1v) is 5.79. The van der Waals surface area contributed by atoms with E-state index in [9.17, 15) is 4.79 Å². The van der Waals surface area contributed by atoms with Crippen LogP contribution in [0.1, 0.15) is 50.1 Å². The number of carbonyl (C=O) groups excluding carboxylic acids is 1. The largest absolute Gasteiger partial charge is 0.460 e. The van der Waals surface area contributed by atoms with E-state index in [4.69, 9.17) is 14.5 Å². The predicted molar refractivity (Wildman–Crippen MR) is 64.8 cm³/mol. The molecule has 0 amide bonds. The average Bonchev–Trinajstić information content (AvgIpc) is 2.53. The molecule has 1 unspecified atom stereocenters. The number of aryl methyl sites for hydroxylation is 2. The van der Waals surface area contributed by atoms with Gasteiger partial charge in [-0.2, -0.15) is 5.26 Å². The highest BCUT2D eigenvalue weighted by atomic mass is 16.6. The standard InChI is InChI=1S/C13H18N2O3/c1-8-12(9(2)18-15-8)10(7-14)6-11(16)17-13(3,4)5/h10H,6H2,1-5H3. The molecule has 0 aliphatic rings. The first kappa shape index (κ1) is 14.2. The van der Waals surface area contributed by atoms with E-state index in [-0.39, 0.29) is 6.42 Å². The van der Waals surface area contributed by atoms with Crippen molar-refractivity contribution in [2.75, 3.05) is 0 Å². The summed E-state index contributed by atoms with van der Waals surface area (Å²) in [5, 5.41) is 13.0. The van der Waals surface area contributed by atoms with E-state index in [0.29, 0.717) is 17.0 Å². The number of carbonyl (C=O) groups is 1. The Hall–Kier alpha value is -1.83. The minimum atomic E-state index is -0.578. The molecule has 1 atom stereocenters. The lowest BCUT2D eigenvalue weighted by molar-refractivity contribution is -0.154. The van der Waals surface area contributed by atoms with Crippen molar-refractivity contribution >= 4 is 5.97 Å². The van der Waals surface area contributed by atoms with Gasteiger partial charge in [0, 0.05) is 5.56 Å². The molecule has 0 aliphatic heterocycles. The first-order chi connectivity index (χ1) is 8.24. The van der Waals surface area contributed by atoms with Crippen molar-refractivity contribution in [2.45, 2.75) is 52.6 Å². The topological polar surface area (TPSA) is 76.1 Å². The van der Waals surface area contributed by atoms with E-state index in [2.05, 4.69) is 11.2 Å². The number of hydrogen-bond donors (Lipinski definition) is 0. The van der Waals surface area contributed by atoms with Gasteiger partial charge < -0.3 is 9.26 Å². The lowest BCUT2D eigenvalue weighted by Crippen LogP contribution is -2.24. The summed E-state index contributed by atoms with van der Waals surface area (Å²) in [6.45, 7) is 8.87. The van der Waals surface area contributed by atoms with Crippen LogP contribution in [0.15, 0.2) is 4.52 Å². The molecular weight excluding hydrogens is 232 g/mol. The Kier molecular flexibility index (Phi) is 4.12. The summed E-state index contributed by atoms with van der Waals surface area (Å²) in [6.07, 6.45) is 0.0106. The molecule has 0 aromatic carbocycles. The molecule has 0 saturated heterocycles. The molecule has 1 heterocycles. The number of nitriles is 1. The lowest BCUT2D eigenvalue weighted by Gasteiger charge is -2.20. The Morgan fingerprint density at radius 2 is 2.11 bits per heavy atom. The molecule has 0 saturated carbocycles. The molecule has 1 aromatic heterocycles. The van der Waals surface area contributed by atoms with E-state index in [0.717, 1.165) is 0 Å². The second-order valence-corrected chi connectivity index (χ2v) is 5.21. The van der Waals surface area contributed by atoms with E-state index in [1.165, 1.54) is 0 Å². The van der Waals surface area contributed by atoms with Crippen LogP contribution >= 0.6 is 0 Å². The summed E-state index contributed by atoms with van der Waals surface area (Å²) < 4.78 is 10.2. The van der Waals surface area contributed by atoms with E-state index in [1.54, 1.807) is 34.6 Å². The fourth-order valence-electron chi connectivity index (χ4n) is 1.75. The van der Waals surface area contributed by atoms with Gasteiger partial charge in [-0.05, 0) is 34.6 Å². The van der Waals surface area contributed by atoms with Crippen molar-refractivity contribution < 1.29 is 14.1 Å². The second-order valence-electron chi connectivity index (χ2n) is 5.21. The molecule has 0 bridgehead atoms. The van der Waals surface area contributed by atoms with Crippen molar-refractivity contribution in [2.24, 2.45) is 0 Å². The third kappa shape index (κ3) is 3.59. The van der Waals surface area contributed by atoms with E-state index in [1.807, 2.05) is 0 Å². The number of rotatable bonds is 3. The van der Waals surface area contributed by atoms with Gasteiger partial charge in [0.1, 0.15) is 11.4 Å². The van der Waals surface area contributed by atoms with Crippen molar-refractivity contribution in [1.82, 2.24) is 5.16 Å². The van der Waals surface area contributed by atoms with Gasteiger partial charge in [-0.15, -0.1) is 0 Å². The number of hydrogen-bond acceptors (Lipinski definition) is 5. The van der Waals surface area contributed by atoms with Crippen LogP contribution in [-0.2, 0) is 9.53 Å². The first-order valence-electron chi connectivity index (χ1n) is 5.79. The third-order valence-electron chi connectivity index (χ3n) is 2.38. The van der Waals surface area contributed by atoms with Gasteiger partial charge in [-0.1, -0.05) is 5.16 Å². The van der Waals surface area contributed by atoms with Crippen LogP contribution in [0.25, 0.3) is 0 Å². The molecule has 0 N–H and O–H groups in total. The minimum absolute atomic E-state index is 0.0106. The Balaban J connectivity index is 2.82. The maximum absolute atomic E-state index is 11.7. The summed E-state index contributed by atoms with van der Waals surface area (Å²) in [4.78, 5) is 11.7. The summed E-state index contributed by atoms with van der Waals surface area (Å²) in [7, 11) is 0. The van der Waals surface area contributed by atoms with Crippen LogP contribution in [0, 0.1) is 25.2 Å². The number of ether oxygens (including phenoxy) is 1. The number of aromatic nitrogens is 1. The average molecular weight is 250 g/mol. The summed E-state index contributed by atoms with van der Waals surface area (Å²) in [6, 6.07) is 2.10. The van der Waals surface area contributed by atoms with Gasteiger partial charge in [0.15, 0.2) is 0 Å². The summed E-state index contributed by atoms with van der Waals surface area (Å²) in [5.41, 5.74) is 0.779. The number of esters is 1. The molecule has 0 radical (unpaired) electrons. The molecule has 1 rings (SSSR count). The van der Waals surface area contributed by atoms with Gasteiger partial charge in [-0.3, -0.25) is 4.79 Å². The monoisotopic (exact) mass is 250 g/mol. The van der Waals surface area contributed by atoms with Gasteiger partial charge in [0.2, 0.25) is 0 Å². The van der Waals surface area contributed by atoms with Gasteiger partial charge in [-0.25, -0.2) is 0 Å². The fourth-order valence-corrected chi connectivity index (χ4v) is 1.75. The van der Waals surface area contributed by atoms with Gasteiger partial charge in [0.25, 0.3) is 0 Å². The quantitative estimate of drug-likeness (QED) is 0.771. The zero-order valence-corrected chi connectivity index (χ0v) is 11.4. The van der Waals surface area contributed by atoms with Crippen LogP contribution in [-0.4, -0.2) is 16.7 Å². The molecule has 1 aromatic rings. The van der Waals surface area contributed by atoms with Crippen molar-refractivity contribution in [3.05, 3.63) is 17.0 Å². The Morgan fingerprint density at radius 1 is 1.50 bits per heavy atom. The van der Waals surface area contributed by atoms with E-state index >= 15 is 0 Å². The highest BCUT2D eigenvalue weighted by Crippen LogP contribution is 2.26. The second kappa shape index (κ2) is 5.21. The SMILES string of the molecule is Cc1noc(C)c1C(C#N)CC(=O)OC(C)(C)C. The molecule has 5 heteroatoms. The smallest absolute Gasteiger partial charge is 0.307 e. The zero-order chi connectivity index (χ0) is 13.9. The van der Waals surface area contributed by atoms with Crippen molar-refractivity contribution in [3.8, 4) is 6.07 Å². The highest BCUT2D eigenvalue weighted by molar-refractivity contribution is 5.71. The van der Waals surface area contributed by atoms with Gasteiger partial charge in [0.05, 0.1) is 24.1 Å². The summed E-state index contributed by atoms with van der Waals surface area (Å²) >= 11 is 0. The Labute approximate surface area is 107 Å². The maximum atomic E-state index is 11.7. The molecule has 0 aliphatic carbocycles. The molecule has 5 nitrogen and oxygen atoms in total. The highest BCUT2D eigenvalue weighted by Gasteiger charge is 2.25. The number of nitrogens with zero attached hydrogens (tertiary/aromatic N) is 2. The molecule has 0 fully saturated rings. The zero-order valence-electron chi connectivity index (χ0n) is 11.4. The van der Waals surface area contributed by atoms with Crippen LogP contribution in [0.4, 0.5) is 0 Å². The van der Waals surface area contributed by atoms with Crippen LogP contribution < -0.4 is 0 Å². The molecule has 18 heavy (non-hydrogen) atoms. The maximum Gasteiger partial charge on any atom is 0.307 e. The lowest BCUT2D eigenvalue weighted by atomic mass is 9.95. The van der Waals surface area contributed by atoms with Crippen molar-refractivity contribution in [1.29, 1.82) is 5.26 Å².